The molecule has 1 aliphatic rings. The van der Waals surface area contributed by atoms with Crippen molar-refractivity contribution >= 4 is 29.2 Å². The molecule has 3 aromatic rings. The molecule has 2 aromatic carbocycles. The summed E-state index contributed by atoms with van der Waals surface area (Å²) in [6, 6.07) is 17.5. The molecular formula is C18H16N4OS. The first-order valence-electron chi connectivity index (χ1n) is 7.62. The van der Waals surface area contributed by atoms with E-state index >= 15 is 0 Å². The lowest BCUT2D eigenvalue weighted by Gasteiger charge is -2.24. The molecule has 3 N–H and O–H groups in total. The van der Waals surface area contributed by atoms with Crippen LogP contribution in [0.3, 0.4) is 0 Å². The number of nitrogens with two attached hydrogens (primary N) is 1. The van der Waals surface area contributed by atoms with E-state index in [4.69, 9.17) is 5.73 Å². The van der Waals surface area contributed by atoms with E-state index < -0.39 is 5.25 Å². The largest absolute Gasteiger partial charge is 0.383 e. The van der Waals surface area contributed by atoms with Crippen molar-refractivity contribution in [3.05, 3.63) is 65.9 Å². The second-order valence-corrected chi connectivity index (χ2v) is 6.76. The van der Waals surface area contributed by atoms with Crippen LogP contribution in [0.1, 0.15) is 16.5 Å². The summed E-state index contributed by atoms with van der Waals surface area (Å²) in [5.74, 6) is 0.437. The number of aryl methyl sites for hydroxylation is 1. The minimum absolute atomic E-state index is 0.0684. The number of benzene rings is 2. The average molecular weight is 336 g/mol. The van der Waals surface area contributed by atoms with Gasteiger partial charge in [-0.25, -0.2) is 4.68 Å². The van der Waals surface area contributed by atoms with Crippen molar-refractivity contribution in [1.82, 2.24) is 9.78 Å². The van der Waals surface area contributed by atoms with Gasteiger partial charge in [0.25, 0.3) is 0 Å². The molecule has 24 heavy (non-hydrogen) atoms. The second kappa shape index (κ2) is 5.72. The zero-order valence-corrected chi connectivity index (χ0v) is 13.9. The number of nitrogens with one attached hydrogen (secondary N) is 1. The van der Waals surface area contributed by atoms with Gasteiger partial charge in [-0.15, -0.1) is 11.8 Å². The van der Waals surface area contributed by atoms with E-state index in [0.717, 1.165) is 27.5 Å². The number of nitrogen functional groups attached to an aromatic ring is 1. The number of aromatic nitrogens is 2. The van der Waals surface area contributed by atoms with Crippen molar-refractivity contribution < 1.29 is 4.79 Å². The van der Waals surface area contributed by atoms with Crippen molar-refractivity contribution in [3.8, 4) is 5.69 Å². The van der Waals surface area contributed by atoms with E-state index in [0.29, 0.717) is 5.82 Å². The molecule has 0 saturated heterocycles. The minimum atomic E-state index is -0.405. The highest BCUT2D eigenvalue weighted by atomic mass is 32.2. The molecule has 0 saturated carbocycles. The molecule has 120 valence electrons. The quantitative estimate of drug-likeness (QED) is 0.750. The Kier molecular flexibility index (Phi) is 3.54. The lowest BCUT2D eigenvalue weighted by Crippen LogP contribution is -2.24. The molecule has 0 spiro atoms. The van der Waals surface area contributed by atoms with Crippen LogP contribution >= 0.6 is 11.8 Å². The third kappa shape index (κ3) is 2.35. The maximum atomic E-state index is 12.6. The molecule has 5 nitrogen and oxygen atoms in total. The molecule has 1 aromatic heterocycles. The Hall–Kier alpha value is -2.73. The third-order valence-electron chi connectivity index (χ3n) is 4.03. The van der Waals surface area contributed by atoms with Crippen molar-refractivity contribution in [3.63, 3.8) is 0 Å². The van der Waals surface area contributed by atoms with Gasteiger partial charge in [0.2, 0.25) is 5.91 Å². The van der Waals surface area contributed by atoms with Crippen LogP contribution in [-0.4, -0.2) is 15.7 Å². The topological polar surface area (TPSA) is 72.9 Å². The fraction of sp³-hybridized carbons (Fsp3) is 0.111. The van der Waals surface area contributed by atoms with Gasteiger partial charge in [0.15, 0.2) is 0 Å². The summed E-state index contributed by atoms with van der Waals surface area (Å²) < 4.78 is 1.69. The maximum absolute atomic E-state index is 12.6. The van der Waals surface area contributed by atoms with Gasteiger partial charge in [0, 0.05) is 10.5 Å². The molecule has 2 heterocycles. The monoisotopic (exact) mass is 336 g/mol. The van der Waals surface area contributed by atoms with Crippen LogP contribution in [-0.2, 0) is 4.79 Å². The number of fused-ring (bicyclic) bond motifs is 1. The van der Waals surface area contributed by atoms with E-state index in [1.54, 1.807) is 4.68 Å². The summed E-state index contributed by atoms with van der Waals surface area (Å²) in [6.07, 6.45) is 0. The number of amides is 1. The fourth-order valence-electron chi connectivity index (χ4n) is 2.89. The highest BCUT2D eigenvalue weighted by Gasteiger charge is 2.33. The number of anilines is 2. The van der Waals surface area contributed by atoms with Crippen LogP contribution in [0.15, 0.2) is 59.5 Å². The van der Waals surface area contributed by atoms with Crippen LogP contribution in [0.25, 0.3) is 5.69 Å². The first-order chi connectivity index (χ1) is 11.6. The van der Waals surface area contributed by atoms with Crippen molar-refractivity contribution in [2.45, 2.75) is 17.1 Å². The summed E-state index contributed by atoms with van der Waals surface area (Å²) in [4.78, 5) is 13.6. The molecule has 1 aliphatic heterocycles. The lowest BCUT2D eigenvalue weighted by atomic mass is 10.1. The Bertz CT molecular complexity index is 920. The molecule has 6 heteroatoms. The molecule has 4 rings (SSSR count). The van der Waals surface area contributed by atoms with Gasteiger partial charge in [0.1, 0.15) is 11.1 Å². The van der Waals surface area contributed by atoms with Crippen LogP contribution < -0.4 is 11.1 Å². The molecule has 0 bridgehead atoms. The second-order valence-electron chi connectivity index (χ2n) is 5.61. The van der Waals surface area contributed by atoms with E-state index in [-0.39, 0.29) is 5.91 Å². The minimum Gasteiger partial charge on any atom is -0.383 e. The van der Waals surface area contributed by atoms with Gasteiger partial charge in [0.05, 0.1) is 17.1 Å². The normalized spacial score (nSPS) is 16.5. The molecular weight excluding hydrogens is 320 g/mol. The average Bonchev–Trinajstić information content (AvgIpc) is 2.90. The van der Waals surface area contributed by atoms with Crippen LogP contribution in [0.2, 0.25) is 0 Å². The molecule has 1 unspecified atom stereocenters. The van der Waals surface area contributed by atoms with Gasteiger partial charge >= 0.3 is 0 Å². The predicted molar refractivity (Wildman–Crippen MR) is 96.4 cm³/mol. The van der Waals surface area contributed by atoms with Crippen molar-refractivity contribution in [2.24, 2.45) is 0 Å². The van der Waals surface area contributed by atoms with E-state index in [1.807, 2.05) is 61.5 Å². The zero-order chi connectivity index (χ0) is 16.7. The van der Waals surface area contributed by atoms with Crippen molar-refractivity contribution in [2.75, 3.05) is 11.1 Å². The van der Waals surface area contributed by atoms with Crippen molar-refractivity contribution in [1.29, 1.82) is 0 Å². The van der Waals surface area contributed by atoms with E-state index in [2.05, 4.69) is 10.4 Å². The predicted octanol–water partition coefficient (Wildman–Crippen LogP) is 3.55. The zero-order valence-electron chi connectivity index (χ0n) is 13.1. The number of rotatable bonds is 2. The molecule has 0 radical (unpaired) electrons. The first-order valence-corrected chi connectivity index (χ1v) is 8.50. The standard InChI is InChI=1S/C18H16N4OS/c1-11-15(17(19)22(21-11)12-7-3-2-4-8-12)16-18(23)20-13-9-5-6-10-14(13)24-16/h2-10,16H,19H2,1H3,(H,20,23). The van der Waals surface area contributed by atoms with E-state index in [1.165, 1.54) is 11.8 Å². The Morgan fingerprint density at radius 1 is 1.12 bits per heavy atom. The number of carbonyl (C=O) groups is 1. The molecule has 0 aliphatic carbocycles. The number of hydrogen-bond acceptors (Lipinski definition) is 4. The highest BCUT2D eigenvalue weighted by molar-refractivity contribution is 8.00. The van der Waals surface area contributed by atoms with Gasteiger partial charge < -0.3 is 11.1 Å². The fourth-order valence-corrected chi connectivity index (χ4v) is 4.12. The number of carbonyl (C=O) groups excluding carboxylic acids is 1. The maximum Gasteiger partial charge on any atom is 0.242 e. The van der Waals surface area contributed by atoms with Gasteiger partial charge in [-0.05, 0) is 31.2 Å². The van der Waals surface area contributed by atoms with Gasteiger partial charge in [-0.2, -0.15) is 5.10 Å². The summed E-state index contributed by atoms with van der Waals surface area (Å²) >= 11 is 1.51. The summed E-state index contributed by atoms with van der Waals surface area (Å²) in [6.45, 7) is 1.89. The van der Waals surface area contributed by atoms with Crippen LogP contribution in [0, 0.1) is 6.92 Å². The number of para-hydroxylation sites is 2. The van der Waals surface area contributed by atoms with Crippen LogP contribution in [0.5, 0.6) is 0 Å². The Labute approximate surface area is 143 Å². The third-order valence-corrected chi connectivity index (χ3v) is 5.33. The summed E-state index contributed by atoms with van der Waals surface area (Å²) in [7, 11) is 0. The van der Waals surface area contributed by atoms with E-state index in [9.17, 15) is 4.79 Å². The lowest BCUT2D eigenvalue weighted by molar-refractivity contribution is -0.115. The van der Waals surface area contributed by atoms with Gasteiger partial charge in [-0.1, -0.05) is 30.3 Å². The highest BCUT2D eigenvalue weighted by Crippen LogP contribution is 2.46. The summed E-state index contributed by atoms with van der Waals surface area (Å²) in [5.41, 5.74) is 9.62. The number of nitrogens with zero attached hydrogens (tertiary/aromatic N) is 2. The number of hydrogen-bond donors (Lipinski definition) is 2. The van der Waals surface area contributed by atoms with Gasteiger partial charge in [-0.3, -0.25) is 4.79 Å². The SMILES string of the molecule is Cc1nn(-c2ccccc2)c(N)c1C1Sc2ccccc2NC1=O. The molecule has 0 fully saturated rings. The Balaban J connectivity index is 1.78. The Morgan fingerprint density at radius 2 is 1.83 bits per heavy atom. The first kappa shape index (κ1) is 14.8. The number of thioether (sulfide) groups is 1. The summed E-state index contributed by atoms with van der Waals surface area (Å²) in [5, 5.41) is 7.10. The molecule has 1 atom stereocenters. The van der Waals surface area contributed by atoms with Crippen LogP contribution in [0.4, 0.5) is 11.5 Å². The smallest absolute Gasteiger partial charge is 0.242 e. The Morgan fingerprint density at radius 3 is 2.62 bits per heavy atom. The molecule has 1 amide bonds.